The number of carbonyl (C=O) groups is 4. The van der Waals surface area contributed by atoms with E-state index in [1.54, 1.807) is 12.1 Å². The quantitative estimate of drug-likeness (QED) is 0.561. The van der Waals surface area contributed by atoms with Crippen LogP contribution in [0.4, 0.5) is 5.69 Å². The molecule has 184 valence electrons. The third-order valence-corrected chi connectivity index (χ3v) is 7.29. The highest BCUT2D eigenvalue weighted by atomic mass is 16.2. The Labute approximate surface area is 201 Å². The van der Waals surface area contributed by atoms with Crippen LogP contribution in [0.3, 0.4) is 0 Å². The lowest BCUT2D eigenvalue weighted by Gasteiger charge is -2.36. The van der Waals surface area contributed by atoms with Gasteiger partial charge in [0.25, 0.3) is 11.8 Å². The molecule has 8 nitrogen and oxygen atoms in total. The first kappa shape index (κ1) is 24.4. The van der Waals surface area contributed by atoms with Gasteiger partial charge in [-0.25, -0.2) is 0 Å². The first-order chi connectivity index (χ1) is 16.4. The Kier molecular flexibility index (Phi) is 7.66. The Morgan fingerprint density at radius 2 is 1.68 bits per heavy atom. The van der Waals surface area contributed by atoms with Crippen molar-refractivity contribution in [2.45, 2.75) is 64.8 Å². The number of piperidine rings is 2. The summed E-state index contributed by atoms with van der Waals surface area (Å²) in [5, 5.41) is 2.24. The molecule has 1 unspecified atom stereocenters. The van der Waals surface area contributed by atoms with Crippen LogP contribution in [0, 0.1) is 5.92 Å². The van der Waals surface area contributed by atoms with E-state index in [-0.39, 0.29) is 18.7 Å². The number of benzene rings is 1. The molecule has 4 rings (SSSR count). The average molecular weight is 469 g/mol. The van der Waals surface area contributed by atoms with E-state index < -0.39 is 23.8 Å². The van der Waals surface area contributed by atoms with Crippen LogP contribution >= 0.6 is 0 Å². The van der Waals surface area contributed by atoms with Gasteiger partial charge in [-0.2, -0.15) is 0 Å². The molecule has 0 spiro atoms. The van der Waals surface area contributed by atoms with Crippen LogP contribution in [0.5, 0.6) is 0 Å². The minimum Gasteiger partial charge on any atom is -0.371 e. The van der Waals surface area contributed by atoms with Gasteiger partial charge in [0.2, 0.25) is 11.8 Å². The molecular formula is C26H36N4O4. The van der Waals surface area contributed by atoms with Crippen molar-refractivity contribution in [3.63, 3.8) is 0 Å². The summed E-state index contributed by atoms with van der Waals surface area (Å²) in [5.41, 5.74) is 1.63. The number of fused-ring (bicyclic) bond motifs is 1. The van der Waals surface area contributed by atoms with Crippen molar-refractivity contribution in [3.05, 3.63) is 29.3 Å². The van der Waals surface area contributed by atoms with Gasteiger partial charge in [-0.3, -0.25) is 29.4 Å². The Balaban J connectivity index is 1.40. The lowest BCUT2D eigenvalue weighted by molar-refractivity contribution is -0.136. The van der Waals surface area contributed by atoms with Gasteiger partial charge in [-0.1, -0.05) is 20.3 Å². The Hall–Kier alpha value is -2.74. The summed E-state index contributed by atoms with van der Waals surface area (Å²) in [7, 11) is 0. The highest BCUT2D eigenvalue weighted by molar-refractivity contribution is 6.23. The zero-order chi connectivity index (χ0) is 24.2. The molecule has 2 saturated heterocycles. The van der Waals surface area contributed by atoms with E-state index in [9.17, 15) is 19.2 Å². The fourth-order valence-corrected chi connectivity index (χ4v) is 5.39. The largest absolute Gasteiger partial charge is 0.371 e. The predicted octanol–water partition coefficient (Wildman–Crippen LogP) is 2.82. The molecule has 1 aromatic carbocycles. The maximum Gasteiger partial charge on any atom is 0.262 e. The summed E-state index contributed by atoms with van der Waals surface area (Å²) < 4.78 is 0. The number of hydrogen-bond donors (Lipinski definition) is 1. The number of nitrogens with one attached hydrogen (secondary N) is 1. The van der Waals surface area contributed by atoms with Crippen molar-refractivity contribution in [1.82, 2.24) is 15.1 Å². The van der Waals surface area contributed by atoms with Crippen LogP contribution < -0.4 is 10.2 Å². The Morgan fingerprint density at radius 3 is 2.35 bits per heavy atom. The average Bonchev–Trinajstić information content (AvgIpc) is 3.08. The highest BCUT2D eigenvalue weighted by Gasteiger charge is 2.44. The lowest BCUT2D eigenvalue weighted by atomic mass is 9.95. The van der Waals surface area contributed by atoms with Gasteiger partial charge in [0.05, 0.1) is 11.1 Å². The standard InChI is InChI=1S/C26H36N4O4/c1-3-5-13-28(12-4-2)17-18-10-14-29(15-11-18)19-6-7-20-21(16-19)26(34)30(25(20)33)22-8-9-23(31)27-24(22)32/h6-7,16,18,22H,3-5,8-15,17H2,1-2H3,(H,27,31,32). The normalized spacial score (nSPS) is 21.4. The van der Waals surface area contributed by atoms with Gasteiger partial charge in [-0.15, -0.1) is 0 Å². The van der Waals surface area contributed by atoms with E-state index in [1.165, 1.54) is 25.8 Å². The maximum absolute atomic E-state index is 13.1. The Morgan fingerprint density at radius 1 is 0.941 bits per heavy atom. The number of amides is 4. The molecule has 1 aromatic rings. The number of rotatable bonds is 9. The molecule has 0 bridgehead atoms. The predicted molar refractivity (Wildman–Crippen MR) is 130 cm³/mol. The topological polar surface area (TPSA) is 90.0 Å². The highest BCUT2D eigenvalue weighted by Crippen LogP contribution is 2.32. The van der Waals surface area contributed by atoms with Crippen LogP contribution in [0.2, 0.25) is 0 Å². The van der Waals surface area contributed by atoms with Gasteiger partial charge in [0.15, 0.2) is 0 Å². The fraction of sp³-hybridized carbons (Fsp3) is 0.615. The van der Waals surface area contributed by atoms with Gasteiger partial charge < -0.3 is 9.80 Å². The third-order valence-electron chi connectivity index (χ3n) is 7.29. The molecule has 0 saturated carbocycles. The zero-order valence-electron chi connectivity index (χ0n) is 20.3. The molecule has 3 aliphatic heterocycles. The van der Waals surface area contributed by atoms with E-state index in [4.69, 9.17) is 0 Å². The van der Waals surface area contributed by atoms with E-state index in [0.29, 0.717) is 17.0 Å². The van der Waals surface area contributed by atoms with Crippen molar-refractivity contribution in [2.75, 3.05) is 37.6 Å². The summed E-state index contributed by atoms with van der Waals surface area (Å²) in [6.45, 7) is 9.82. The van der Waals surface area contributed by atoms with Crippen molar-refractivity contribution >= 4 is 29.3 Å². The second-order valence-electron chi connectivity index (χ2n) is 9.76. The molecule has 34 heavy (non-hydrogen) atoms. The van der Waals surface area contributed by atoms with E-state index >= 15 is 0 Å². The molecule has 0 radical (unpaired) electrons. The molecule has 1 atom stereocenters. The monoisotopic (exact) mass is 468 g/mol. The second kappa shape index (κ2) is 10.7. The molecule has 3 aliphatic rings. The van der Waals surface area contributed by atoms with E-state index in [2.05, 4.69) is 29.0 Å². The van der Waals surface area contributed by atoms with Gasteiger partial charge in [0, 0.05) is 31.7 Å². The van der Waals surface area contributed by atoms with Crippen LogP contribution in [0.1, 0.15) is 79.5 Å². The first-order valence-corrected chi connectivity index (χ1v) is 12.8. The van der Waals surface area contributed by atoms with Crippen molar-refractivity contribution in [1.29, 1.82) is 0 Å². The van der Waals surface area contributed by atoms with E-state index in [0.717, 1.165) is 49.6 Å². The Bertz CT molecular complexity index is 954. The molecule has 3 heterocycles. The summed E-state index contributed by atoms with van der Waals surface area (Å²) in [6.07, 6.45) is 6.16. The van der Waals surface area contributed by atoms with Crippen molar-refractivity contribution < 1.29 is 19.2 Å². The van der Waals surface area contributed by atoms with Crippen LogP contribution in [-0.4, -0.2) is 72.2 Å². The summed E-state index contributed by atoms with van der Waals surface area (Å²) in [6, 6.07) is 4.48. The smallest absolute Gasteiger partial charge is 0.262 e. The van der Waals surface area contributed by atoms with Gasteiger partial charge in [0.1, 0.15) is 6.04 Å². The molecular weight excluding hydrogens is 432 g/mol. The molecule has 1 N–H and O–H groups in total. The molecule has 0 aromatic heterocycles. The van der Waals surface area contributed by atoms with Crippen LogP contribution in [0.15, 0.2) is 18.2 Å². The number of carbonyl (C=O) groups excluding carboxylic acids is 4. The maximum atomic E-state index is 13.1. The van der Waals surface area contributed by atoms with Gasteiger partial charge >= 0.3 is 0 Å². The SMILES string of the molecule is CCCCN(CCC)CC1CCN(c2ccc3c(c2)C(=O)N(C2CCC(=O)NC2=O)C3=O)CC1. The number of unbranched alkanes of at least 4 members (excludes halogenated alkanes) is 1. The first-order valence-electron chi connectivity index (χ1n) is 12.8. The van der Waals surface area contributed by atoms with Crippen molar-refractivity contribution in [2.24, 2.45) is 5.92 Å². The third kappa shape index (κ3) is 5.02. The van der Waals surface area contributed by atoms with E-state index in [1.807, 2.05) is 6.07 Å². The zero-order valence-corrected chi connectivity index (χ0v) is 20.3. The minimum atomic E-state index is -0.928. The molecule has 2 fully saturated rings. The van der Waals surface area contributed by atoms with Crippen LogP contribution in [0.25, 0.3) is 0 Å². The number of anilines is 1. The lowest BCUT2D eigenvalue weighted by Crippen LogP contribution is -2.54. The number of hydrogen-bond acceptors (Lipinski definition) is 6. The van der Waals surface area contributed by atoms with Crippen molar-refractivity contribution in [3.8, 4) is 0 Å². The molecule has 4 amide bonds. The summed E-state index contributed by atoms with van der Waals surface area (Å²) in [4.78, 5) is 55.7. The second-order valence-corrected chi connectivity index (χ2v) is 9.76. The summed E-state index contributed by atoms with van der Waals surface area (Å²) in [5.74, 6) is -1.17. The molecule has 0 aliphatic carbocycles. The number of imide groups is 2. The number of nitrogens with zero attached hydrogens (tertiary/aromatic N) is 3. The fourth-order valence-electron chi connectivity index (χ4n) is 5.39. The summed E-state index contributed by atoms with van der Waals surface area (Å²) >= 11 is 0. The van der Waals surface area contributed by atoms with Crippen LogP contribution in [-0.2, 0) is 9.59 Å². The molecule has 8 heteroatoms. The van der Waals surface area contributed by atoms with Gasteiger partial charge in [-0.05, 0) is 69.3 Å². The minimum absolute atomic E-state index is 0.123.